The Hall–Kier alpha value is -2.44. The molecule has 7 heteroatoms. The van der Waals surface area contributed by atoms with Gasteiger partial charge in [-0.3, -0.25) is 9.59 Å². The number of amides is 2. The molecular formula is C18H23N5O2. The Morgan fingerprint density at radius 1 is 1.00 bits per heavy atom. The average Bonchev–Trinajstić information content (AvgIpc) is 3.12. The number of piperazine rings is 1. The van der Waals surface area contributed by atoms with Gasteiger partial charge in [0.15, 0.2) is 5.65 Å². The van der Waals surface area contributed by atoms with E-state index in [9.17, 15) is 9.59 Å². The van der Waals surface area contributed by atoms with Crippen molar-refractivity contribution in [1.29, 1.82) is 0 Å². The maximum absolute atomic E-state index is 12.8. The van der Waals surface area contributed by atoms with E-state index in [0.717, 1.165) is 25.7 Å². The van der Waals surface area contributed by atoms with Crippen molar-refractivity contribution in [2.45, 2.75) is 32.1 Å². The van der Waals surface area contributed by atoms with Gasteiger partial charge in [-0.2, -0.15) is 5.10 Å². The van der Waals surface area contributed by atoms with Crippen LogP contribution in [0.25, 0.3) is 5.65 Å². The quantitative estimate of drug-likeness (QED) is 0.832. The summed E-state index contributed by atoms with van der Waals surface area (Å²) in [6.45, 7) is 2.38. The predicted molar refractivity (Wildman–Crippen MR) is 92.0 cm³/mol. The van der Waals surface area contributed by atoms with Gasteiger partial charge in [-0.1, -0.05) is 19.3 Å². The molecule has 4 rings (SSSR count). The lowest BCUT2D eigenvalue weighted by atomic mass is 9.88. The highest BCUT2D eigenvalue weighted by Crippen LogP contribution is 2.26. The van der Waals surface area contributed by atoms with Gasteiger partial charge < -0.3 is 9.80 Å². The summed E-state index contributed by atoms with van der Waals surface area (Å²) >= 11 is 0. The van der Waals surface area contributed by atoms with Crippen molar-refractivity contribution in [3.8, 4) is 0 Å². The number of carbonyl (C=O) groups is 2. The van der Waals surface area contributed by atoms with Gasteiger partial charge in [-0.15, -0.1) is 0 Å². The van der Waals surface area contributed by atoms with Gasteiger partial charge in [0.05, 0.1) is 6.20 Å². The Kier molecular flexibility index (Phi) is 4.38. The fourth-order valence-corrected chi connectivity index (χ4v) is 3.89. The molecule has 0 bridgehead atoms. The molecule has 0 aromatic carbocycles. The van der Waals surface area contributed by atoms with E-state index >= 15 is 0 Å². The molecule has 0 N–H and O–H groups in total. The second kappa shape index (κ2) is 6.82. The number of fused-ring (bicyclic) bond motifs is 1. The van der Waals surface area contributed by atoms with Crippen molar-refractivity contribution in [2.75, 3.05) is 26.2 Å². The van der Waals surface area contributed by atoms with E-state index in [0.29, 0.717) is 37.4 Å². The highest BCUT2D eigenvalue weighted by Gasteiger charge is 2.30. The fraction of sp³-hybridized carbons (Fsp3) is 0.556. The van der Waals surface area contributed by atoms with E-state index in [1.165, 1.54) is 6.42 Å². The zero-order valence-corrected chi connectivity index (χ0v) is 14.3. The van der Waals surface area contributed by atoms with Crippen molar-refractivity contribution < 1.29 is 9.59 Å². The molecular weight excluding hydrogens is 318 g/mol. The molecule has 2 amide bonds. The highest BCUT2D eigenvalue weighted by molar-refractivity contribution is 5.99. The van der Waals surface area contributed by atoms with Gasteiger partial charge in [0, 0.05) is 44.5 Å². The normalized spacial score (nSPS) is 19.4. The summed E-state index contributed by atoms with van der Waals surface area (Å²) in [6, 6.07) is 1.78. The van der Waals surface area contributed by atoms with Crippen LogP contribution in [0.1, 0.15) is 42.5 Å². The summed E-state index contributed by atoms with van der Waals surface area (Å²) < 4.78 is 1.61. The molecule has 0 atom stereocenters. The molecule has 25 heavy (non-hydrogen) atoms. The monoisotopic (exact) mass is 341 g/mol. The van der Waals surface area contributed by atoms with Crippen LogP contribution in [0.5, 0.6) is 0 Å². The minimum atomic E-state index is -0.0570. The minimum Gasteiger partial charge on any atom is -0.339 e. The van der Waals surface area contributed by atoms with E-state index in [1.54, 1.807) is 34.1 Å². The SMILES string of the molecule is O=C(c1cnn2cccnc12)N1CCN(C(=O)C2CCCCC2)CC1. The van der Waals surface area contributed by atoms with Crippen LogP contribution in [-0.2, 0) is 4.79 Å². The van der Waals surface area contributed by atoms with Gasteiger partial charge in [0.1, 0.15) is 5.56 Å². The van der Waals surface area contributed by atoms with Crippen LogP contribution in [0, 0.1) is 5.92 Å². The molecule has 1 saturated carbocycles. The number of hydrogen-bond donors (Lipinski definition) is 0. The van der Waals surface area contributed by atoms with Crippen LogP contribution in [0.3, 0.4) is 0 Å². The first-order valence-corrected chi connectivity index (χ1v) is 9.10. The molecule has 3 heterocycles. The minimum absolute atomic E-state index is 0.0570. The van der Waals surface area contributed by atoms with Gasteiger partial charge in [0.2, 0.25) is 5.91 Å². The van der Waals surface area contributed by atoms with E-state index < -0.39 is 0 Å². The van der Waals surface area contributed by atoms with Gasteiger partial charge in [0.25, 0.3) is 5.91 Å². The van der Waals surface area contributed by atoms with E-state index in [2.05, 4.69) is 10.1 Å². The topological polar surface area (TPSA) is 70.8 Å². The molecule has 2 aromatic heterocycles. The van der Waals surface area contributed by atoms with E-state index in [1.807, 2.05) is 4.90 Å². The first-order valence-electron chi connectivity index (χ1n) is 9.10. The maximum Gasteiger partial charge on any atom is 0.259 e. The zero-order valence-electron chi connectivity index (χ0n) is 14.3. The van der Waals surface area contributed by atoms with Crippen molar-refractivity contribution in [2.24, 2.45) is 5.92 Å². The molecule has 2 fully saturated rings. The second-order valence-corrected chi connectivity index (χ2v) is 6.90. The summed E-state index contributed by atoms with van der Waals surface area (Å²) in [5, 5.41) is 4.18. The van der Waals surface area contributed by atoms with Gasteiger partial charge in [-0.05, 0) is 18.9 Å². The third kappa shape index (κ3) is 3.10. The molecule has 2 aromatic rings. The van der Waals surface area contributed by atoms with E-state index in [4.69, 9.17) is 0 Å². The van der Waals surface area contributed by atoms with Crippen molar-refractivity contribution in [1.82, 2.24) is 24.4 Å². The van der Waals surface area contributed by atoms with Gasteiger partial charge >= 0.3 is 0 Å². The van der Waals surface area contributed by atoms with Crippen molar-refractivity contribution in [3.05, 3.63) is 30.2 Å². The zero-order chi connectivity index (χ0) is 17.2. The van der Waals surface area contributed by atoms with Gasteiger partial charge in [-0.25, -0.2) is 9.50 Å². The van der Waals surface area contributed by atoms with Crippen LogP contribution in [-0.4, -0.2) is 62.4 Å². The largest absolute Gasteiger partial charge is 0.339 e. The molecule has 1 aliphatic heterocycles. The maximum atomic E-state index is 12.8. The van der Waals surface area contributed by atoms with Crippen LogP contribution < -0.4 is 0 Å². The van der Waals surface area contributed by atoms with Crippen LogP contribution in [0.4, 0.5) is 0 Å². The number of carbonyl (C=O) groups excluding carboxylic acids is 2. The van der Waals surface area contributed by atoms with Crippen molar-refractivity contribution in [3.63, 3.8) is 0 Å². The summed E-state index contributed by atoms with van der Waals surface area (Å²) in [5.74, 6) is 0.419. The molecule has 132 valence electrons. The Morgan fingerprint density at radius 2 is 1.72 bits per heavy atom. The van der Waals surface area contributed by atoms with Crippen LogP contribution in [0.2, 0.25) is 0 Å². The average molecular weight is 341 g/mol. The molecule has 1 saturated heterocycles. The summed E-state index contributed by atoms with van der Waals surface area (Å²) in [6.07, 6.45) is 10.6. The first kappa shape index (κ1) is 16.1. The molecule has 0 radical (unpaired) electrons. The molecule has 0 unspecified atom stereocenters. The molecule has 1 aliphatic carbocycles. The lowest BCUT2D eigenvalue weighted by molar-refractivity contribution is -0.138. The summed E-state index contributed by atoms with van der Waals surface area (Å²) in [4.78, 5) is 33.4. The fourth-order valence-electron chi connectivity index (χ4n) is 3.89. The second-order valence-electron chi connectivity index (χ2n) is 6.90. The summed E-state index contributed by atoms with van der Waals surface area (Å²) in [7, 11) is 0. The van der Waals surface area contributed by atoms with Crippen LogP contribution in [0.15, 0.2) is 24.7 Å². The Morgan fingerprint density at radius 3 is 2.48 bits per heavy atom. The van der Waals surface area contributed by atoms with Crippen LogP contribution >= 0.6 is 0 Å². The van der Waals surface area contributed by atoms with E-state index in [-0.39, 0.29) is 17.7 Å². The molecule has 0 spiro atoms. The third-order valence-corrected chi connectivity index (χ3v) is 5.34. The predicted octanol–water partition coefficient (Wildman–Crippen LogP) is 1.59. The number of aromatic nitrogens is 3. The lowest BCUT2D eigenvalue weighted by Crippen LogP contribution is -2.52. The highest BCUT2D eigenvalue weighted by atomic mass is 16.2. The number of rotatable bonds is 2. The summed E-state index contributed by atoms with van der Waals surface area (Å²) in [5.41, 5.74) is 1.10. The Balaban J connectivity index is 1.39. The first-order chi connectivity index (χ1) is 12.2. The van der Waals surface area contributed by atoms with Crippen molar-refractivity contribution >= 4 is 17.5 Å². The Bertz CT molecular complexity index is 773. The molecule has 2 aliphatic rings. The third-order valence-electron chi connectivity index (χ3n) is 5.34. The Labute approximate surface area is 146 Å². The number of nitrogens with zero attached hydrogens (tertiary/aromatic N) is 5. The smallest absolute Gasteiger partial charge is 0.259 e. The molecule has 7 nitrogen and oxygen atoms in total. The standard InChI is InChI=1S/C18H23N5O2/c24-17(14-5-2-1-3-6-14)21-9-11-22(12-10-21)18(25)15-13-20-23-8-4-7-19-16(15)23/h4,7-8,13-14H,1-3,5-6,9-12H2. The lowest BCUT2D eigenvalue weighted by Gasteiger charge is -2.37. The number of hydrogen-bond acceptors (Lipinski definition) is 4.